The monoisotopic (exact) mass is 284 g/mol. The number of nitrogens with zero attached hydrogens (tertiary/aromatic N) is 1. The van der Waals surface area contributed by atoms with E-state index in [1.807, 2.05) is 24.3 Å². The first-order valence-corrected chi connectivity index (χ1v) is 7.04. The van der Waals surface area contributed by atoms with E-state index in [9.17, 15) is 9.90 Å². The van der Waals surface area contributed by atoms with E-state index in [2.05, 4.69) is 24.1 Å². The molecule has 0 radical (unpaired) electrons. The predicted octanol–water partition coefficient (Wildman–Crippen LogP) is 2.67. The molecule has 2 aromatic rings. The van der Waals surface area contributed by atoms with Gasteiger partial charge in [0.2, 0.25) is 0 Å². The Hall–Kier alpha value is -2.20. The molecule has 1 aromatic carbocycles. The van der Waals surface area contributed by atoms with Gasteiger partial charge in [-0.3, -0.25) is 9.78 Å². The molecule has 21 heavy (non-hydrogen) atoms. The molecular weight excluding hydrogens is 264 g/mol. The highest BCUT2D eigenvalue weighted by Crippen LogP contribution is 2.18. The molecule has 0 aliphatic carbocycles. The molecule has 110 valence electrons. The molecule has 0 saturated heterocycles. The van der Waals surface area contributed by atoms with Crippen LogP contribution in [0.1, 0.15) is 47.4 Å². The highest BCUT2D eigenvalue weighted by Gasteiger charge is 2.11. The molecule has 2 rings (SSSR count). The summed E-state index contributed by atoms with van der Waals surface area (Å²) in [4.78, 5) is 15.7. The third kappa shape index (κ3) is 4.13. The normalized spacial score (nSPS) is 12.2. The van der Waals surface area contributed by atoms with Crippen LogP contribution in [-0.4, -0.2) is 22.5 Å². The molecule has 4 heteroatoms. The number of pyridine rings is 1. The maximum Gasteiger partial charge on any atom is 0.251 e. The lowest BCUT2D eigenvalue weighted by Crippen LogP contribution is -2.28. The van der Waals surface area contributed by atoms with Gasteiger partial charge in [0.25, 0.3) is 5.91 Å². The van der Waals surface area contributed by atoms with Crippen LogP contribution in [0.5, 0.6) is 0 Å². The Balaban J connectivity index is 1.92. The number of carbonyl (C=O) groups excluding carboxylic acids is 1. The predicted molar refractivity (Wildman–Crippen MR) is 82.1 cm³/mol. The molecule has 1 unspecified atom stereocenters. The van der Waals surface area contributed by atoms with Crippen LogP contribution in [0, 0.1) is 0 Å². The minimum absolute atomic E-state index is 0.183. The first-order valence-electron chi connectivity index (χ1n) is 7.04. The lowest BCUT2D eigenvalue weighted by Gasteiger charge is -2.13. The number of rotatable bonds is 5. The van der Waals surface area contributed by atoms with E-state index in [0.29, 0.717) is 11.5 Å². The van der Waals surface area contributed by atoms with Gasteiger partial charge in [-0.25, -0.2) is 0 Å². The zero-order valence-corrected chi connectivity index (χ0v) is 12.3. The van der Waals surface area contributed by atoms with E-state index in [0.717, 1.165) is 5.56 Å². The summed E-state index contributed by atoms with van der Waals surface area (Å²) >= 11 is 0. The van der Waals surface area contributed by atoms with Crippen LogP contribution >= 0.6 is 0 Å². The fraction of sp³-hybridized carbons (Fsp3) is 0.294. The molecule has 2 N–H and O–H groups in total. The molecule has 0 fully saturated rings. The number of aromatic nitrogens is 1. The molecule has 0 spiro atoms. The van der Waals surface area contributed by atoms with Crippen molar-refractivity contribution in [2.45, 2.75) is 25.9 Å². The van der Waals surface area contributed by atoms with Crippen molar-refractivity contribution < 1.29 is 9.90 Å². The van der Waals surface area contributed by atoms with Gasteiger partial charge in [0, 0.05) is 24.5 Å². The standard InChI is InChI=1S/C17H20N2O2/c1-12(2)13-3-5-14(6-4-13)16(20)11-19-17(21)15-7-9-18-10-8-15/h3-10,12,16,20H,11H2,1-2H3,(H,19,21). The zero-order chi connectivity index (χ0) is 15.2. The Labute approximate surface area is 124 Å². The number of aliphatic hydroxyl groups is 1. The maximum absolute atomic E-state index is 11.9. The summed E-state index contributed by atoms with van der Waals surface area (Å²) in [5.74, 6) is 0.248. The van der Waals surface area contributed by atoms with Gasteiger partial charge in [0.05, 0.1) is 6.10 Å². The molecule has 1 atom stereocenters. The van der Waals surface area contributed by atoms with E-state index >= 15 is 0 Å². The van der Waals surface area contributed by atoms with Crippen molar-refractivity contribution in [3.05, 3.63) is 65.5 Å². The van der Waals surface area contributed by atoms with Crippen molar-refractivity contribution in [1.82, 2.24) is 10.3 Å². The van der Waals surface area contributed by atoms with Gasteiger partial charge in [0.15, 0.2) is 0 Å². The van der Waals surface area contributed by atoms with Crippen LogP contribution in [-0.2, 0) is 0 Å². The van der Waals surface area contributed by atoms with Crippen LogP contribution in [0.3, 0.4) is 0 Å². The molecule has 1 aromatic heterocycles. The van der Waals surface area contributed by atoms with Gasteiger partial charge in [-0.2, -0.15) is 0 Å². The van der Waals surface area contributed by atoms with Gasteiger partial charge in [-0.1, -0.05) is 38.1 Å². The van der Waals surface area contributed by atoms with Crippen molar-refractivity contribution in [2.24, 2.45) is 0 Å². The van der Waals surface area contributed by atoms with Crippen LogP contribution in [0.15, 0.2) is 48.8 Å². The molecule has 0 aliphatic heterocycles. The fourth-order valence-corrected chi connectivity index (χ4v) is 2.02. The highest BCUT2D eigenvalue weighted by molar-refractivity contribution is 5.93. The van der Waals surface area contributed by atoms with Crippen molar-refractivity contribution in [1.29, 1.82) is 0 Å². The highest BCUT2D eigenvalue weighted by atomic mass is 16.3. The second-order valence-electron chi connectivity index (χ2n) is 5.28. The summed E-state index contributed by atoms with van der Waals surface area (Å²) < 4.78 is 0. The topological polar surface area (TPSA) is 62.2 Å². The minimum Gasteiger partial charge on any atom is -0.387 e. The molecule has 0 aliphatic rings. The third-order valence-corrected chi connectivity index (χ3v) is 3.39. The molecule has 0 saturated carbocycles. The van der Waals surface area contributed by atoms with Crippen LogP contribution in [0.4, 0.5) is 0 Å². The molecule has 1 amide bonds. The smallest absolute Gasteiger partial charge is 0.251 e. The first-order chi connectivity index (χ1) is 10.1. The summed E-state index contributed by atoms with van der Waals surface area (Å²) in [7, 11) is 0. The lowest BCUT2D eigenvalue weighted by molar-refractivity contribution is 0.0916. The van der Waals surface area contributed by atoms with Crippen molar-refractivity contribution in [2.75, 3.05) is 6.54 Å². The number of aliphatic hydroxyl groups excluding tert-OH is 1. The van der Waals surface area contributed by atoms with Gasteiger partial charge < -0.3 is 10.4 Å². The van der Waals surface area contributed by atoms with Gasteiger partial charge in [0.1, 0.15) is 0 Å². The van der Waals surface area contributed by atoms with Crippen LogP contribution < -0.4 is 5.32 Å². The quantitative estimate of drug-likeness (QED) is 0.887. The first kappa shape index (κ1) is 15.2. The van der Waals surface area contributed by atoms with Crippen molar-refractivity contribution >= 4 is 5.91 Å². The number of hydrogen-bond donors (Lipinski definition) is 2. The maximum atomic E-state index is 11.9. The average Bonchev–Trinajstić information content (AvgIpc) is 2.53. The summed E-state index contributed by atoms with van der Waals surface area (Å²) in [6.07, 6.45) is 2.42. The second kappa shape index (κ2) is 6.99. The van der Waals surface area contributed by atoms with E-state index in [4.69, 9.17) is 0 Å². The van der Waals surface area contributed by atoms with E-state index in [-0.39, 0.29) is 12.5 Å². The number of hydrogen-bond acceptors (Lipinski definition) is 3. The van der Waals surface area contributed by atoms with Crippen LogP contribution in [0.25, 0.3) is 0 Å². The number of amides is 1. The molecule has 1 heterocycles. The SMILES string of the molecule is CC(C)c1ccc(C(O)CNC(=O)c2ccncc2)cc1. The lowest BCUT2D eigenvalue weighted by atomic mass is 10.00. The van der Waals surface area contributed by atoms with Crippen molar-refractivity contribution in [3.63, 3.8) is 0 Å². The third-order valence-electron chi connectivity index (χ3n) is 3.39. The Bertz CT molecular complexity index is 579. The zero-order valence-electron chi connectivity index (χ0n) is 12.3. The Morgan fingerprint density at radius 2 is 1.67 bits per heavy atom. The van der Waals surface area contributed by atoms with E-state index in [1.165, 1.54) is 5.56 Å². The van der Waals surface area contributed by atoms with E-state index < -0.39 is 6.10 Å². The molecular formula is C17H20N2O2. The fourth-order valence-electron chi connectivity index (χ4n) is 2.02. The van der Waals surface area contributed by atoms with E-state index in [1.54, 1.807) is 24.5 Å². The van der Waals surface area contributed by atoms with Gasteiger partial charge in [-0.15, -0.1) is 0 Å². The van der Waals surface area contributed by atoms with Crippen LogP contribution in [0.2, 0.25) is 0 Å². The average molecular weight is 284 g/mol. The summed E-state index contributed by atoms with van der Waals surface area (Å²) in [6, 6.07) is 11.1. The minimum atomic E-state index is -0.711. The Morgan fingerprint density at radius 3 is 2.24 bits per heavy atom. The number of benzene rings is 1. The molecule has 4 nitrogen and oxygen atoms in total. The summed E-state index contributed by atoms with van der Waals surface area (Å²) in [5.41, 5.74) is 2.56. The van der Waals surface area contributed by atoms with Crippen molar-refractivity contribution in [3.8, 4) is 0 Å². The number of nitrogens with one attached hydrogen (secondary N) is 1. The number of carbonyl (C=O) groups is 1. The summed E-state index contributed by atoms with van der Waals surface area (Å²) in [5, 5.41) is 12.8. The Kier molecular flexibility index (Phi) is 5.06. The van der Waals surface area contributed by atoms with Gasteiger partial charge in [-0.05, 0) is 29.2 Å². The molecule has 0 bridgehead atoms. The largest absolute Gasteiger partial charge is 0.387 e. The second-order valence-corrected chi connectivity index (χ2v) is 5.28. The Morgan fingerprint density at radius 1 is 1.10 bits per heavy atom. The summed E-state index contributed by atoms with van der Waals surface area (Å²) in [6.45, 7) is 4.43. The van der Waals surface area contributed by atoms with Gasteiger partial charge >= 0.3 is 0 Å².